The standard InChI is InChI=1S/C12H14BrCl2NO2S/c13-10-6-9(4-5-11(10)15)19(17,18)16-12-3-1-2-8(12)7-14/h4-6,8,12,16H,1-3,7H2. The Bertz CT molecular complexity index is 565. The molecule has 2 rings (SSSR count). The second-order valence-corrected chi connectivity index (χ2v) is 7.93. The maximum atomic E-state index is 12.3. The van der Waals surface area contributed by atoms with Gasteiger partial charge in [0.15, 0.2) is 0 Å². The van der Waals surface area contributed by atoms with E-state index in [4.69, 9.17) is 23.2 Å². The summed E-state index contributed by atoms with van der Waals surface area (Å²) in [7, 11) is -3.52. The van der Waals surface area contributed by atoms with E-state index in [1.165, 1.54) is 12.1 Å². The van der Waals surface area contributed by atoms with Crippen LogP contribution in [-0.4, -0.2) is 20.3 Å². The van der Waals surface area contributed by atoms with Gasteiger partial charge in [-0.1, -0.05) is 18.0 Å². The van der Waals surface area contributed by atoms with Gasteiger partial charge in [0.2, 0.25) is 10.0 Å². The van der Waals surface area contributed by atoms with Crippen LogP contribution < -0.4 is 4.72 Å². The van der Waals surface area contributed by atoms with Crippen molar-refractivity contribution >= 4 is 49.2 Å². The zero-order valence-electron chi connectivity index (χ0n) is 10.1. The molecule has 19 heavy (non-hydrogen) atoms. The van der Waals surface area contributed by atoms with Gasteiger partial charge in [-0.05, 0) is 52.9 Å². The summed E-state index contributed by atoms with van der Waals surface area (Å²) in [5.41, 5.74) is 0. The number of nitrogens with one attached hydrogen (secondary N) is 1. The molecule has 0 aliphatic heterocycles. The monoisotopic (exact) mass is 385 g/mol. The molecule has 0 bridgehead atoms. The Balaban J connectivity index is 2.20. The van der Waals surface area contributed by atoms with Gasteiger partial charge in [0.1, 0.15) is 0 Å². The molecule has 0 spiro atoms. The van der Waals surface area contributed by atoms with Crippen molar-refractivity contribution in [3.8, 4) is 0 Å². The summed E-state index contributed by atoms with van der Waals surface area (Å²) in [4.78, 5) is 0.212. The van der Waals surface area contributed by atoms with Crippen molar-refractivity contribution in [3.63, 3.8) is 0 Å². The summed E-state index contributed by atoms with van der Waals surface area (Å²) in [5, 5.41) is 0.485. The SMILES string of the molecule is O=S(=O)(NC1CCCC1CCl)c1ccc(Cl)c(Br)c1. The number of halogens is 3. The van der Waals surface area contributed by atoms with Crippen LogP contribution in [0.2, 0.25) is 5.02 Å². The maximum Gasteiger partial charge on any atom is 0.240 e. The molecule has 2 atom stereocenters. The lowest BCUT2D eigenvalue weighted by Crippen LogP contribution is -2.37. The quantitative estimate of drug-likeness (QED) is 0.800. The van der Waals surface area contributed by atoms with Gasteiger partial charge in [0.05, 0.1) is 9.92 Å². The van der Waals surface area contributed by atoms with Crippen molar-refractivity contribution in [2.45, 2.75) is 30.2 Å². The van der Waals surface area contributed by atoms with Crippen molar-refractivity contribution in [1.29, 1.82) is 0 Å². The largest absolute Gasteiger partial charge is 0.240 e. The zero-order chi connectivity index (χ0) is 14.0. The molecule has 7 heteroatoms. The number of alkyl halides is 1. The van der Waals surface area contributed by atoms with Gasteiger partial charge < -0.3 is 0 Å². The molecule has 0 saturated heterocycles. The Hall–Kier alpha value is 0.190. The lowest BCUT2D eigenvalue weighted by Gasteiger charge is -2.19. The van der Waals surface area contributed by atoms with Crippen LogP contribution in [0.4, 0.5) is 0 Å². The summed E-state index contributed by atoms with van der Waals surface area (Å²) in [6.45, 7) is 0. The smallest absolute Gasteiger partial charge is 0.208 e. The second-order valence-electron chi connectivity index (χ2n) is 4.65. The van der Waals surface area contributed by atoms with Crippen molar-refractivity contribution in [2.75, 3.05) is 5.88 Å². The minimum atomic E-state index is -3.52. The van der Waals surface area contributed by atoms with E-state index in [1.54, 1.807) is 6.07 Å². The molecule has 0 amide bonds. The highest BCUT2D eigenvalue weighted by atomic mass is 79.9. The minimum Gasteiger partial charge on any atom is -0.208 e. The van der Waals surface area contributed by atoms with E-state index in [-0.39, 0.29) is 16.9 Å². The Morgan fingerprint density at radius 1 is 1.37 bits per heavy atom. The Morgan fingerprint density at radius 3 is 2.74 bits per heavy atom. The molecule has 0 radical (unpaired) electrons. The molecular weight excluding hydrogens is 373 g/mol. The van der Waals surface area contributed by atoms with Gasteiger partial charge in [0, 0.05) is 16.4 Å². The van der Waals surface area contributed by atoms with Crippen molar-refractivity contribution in [1.82, 2.24) is 4.72 Å². The molecule has 1 N–H and O–H groups in total. The van der Waals surface area contributed by atoms with Crippen LogP contribution in [0.5, 0.6) is 0 Å². The molecule has 1 aromatic rings. The van der Waals surface area contributed by atoms with Crippen LogP contribution >= 0.6 is 39.1 Å². The Morgan fingerprint density at radius 2 is 2.11 bits per heavy atom. The normalized spacial score (nSPS) is 23.7. The van der Waals surface area contributed by atoms with E-state index in [2.05, 4.69) is 20.7 Å². The molecule has 3 nitrogen and oxygen atoms in total. The predicted octanol–water partition coefficient (Wildman–Crippen LogP) is 3.79. The molecule has 1 aliphatic carbocycles. The van der Waals surface area contributed by atoms with Crippen LogP contribution in [0.25, 0.3) is 0 Å². The number of sulfonamides is 1. The first-order chi connectivity index (χ1) is 8.94. The molecule has 1 saturated carbocycles. The molecule has 1 aromatic carbocycles. The van der Waals surface area contributed by atoms with Crippen LogP contribution in [-0.2, 0) is 10.0 Å². The van der Waals surface area contributed by atoms with Crippen LogP contribution in [0, 0.1) is 5.92 Å². The van der Waals surface area contributed by atoms with Crippen LogP contribution in [0.1, 0.15) is 19.3 Å². The van der Waals surface area contributed by atoms with Gasteiger partial charge in [-0.15, -0.1) is 11.6 Å². The maximum absolute atomic E-state index is 12.3. The van der Waals surface area contributed by atoms with Crippen LogP contribution in [0.3, 0.4) is 0 Å². The Kier molecular flexibility index (Phi) is 5.17. The first kappa shape index (κ1) is 15.6. The van der Waals surface area contributed by atoms with Crippen LogP contribution in [0.15, 0.2) is 27.6 Å². The fourth-order valence-electron chi connectivity index (χ4n) is 2.29. The topological polar surface area (TPSA) is 46.2 Å². The third kappa shape index (κ3) is 3.64. The second kappa shape index (κ2) is 6.31. The molecule has 0 heterocycles. The van der Waals surface area contributed by atoms with E-state index >= 15 is 0 Å². The lowest BCUT2D eigenvalue weighted by molar-refractivity contribution is 0.480. The average Bonchev–Trinajstić information content (AvgIpc) is 2.79. The van der Waals surface area contributed by atoms with E-state index in [0.717, 1.165) is 19.3 Å². The third-order valence-corrected chi connectivity index (χ3v) is 6.46. The summed E-state index contributed by atoms with van der Waals surface area (Å²) in [6, 6.07) is 4.50. The van der Waals surface area contributed by atoms with Gasteiger partial charge in [-0.3, -0.25) is 0 Å². The highest BCUT2D eigenvalue weighted by Crippen LogP contribution is 2.29. The summed E-state index contributed by atoms with van der Waals surface area (Å²) >= 11 is 15.0. The molecule has 106 valence electrons. The molecule has 1 aliphatic rings. The molecule has 0 aromatic heterocycles. The highest BCUT2D eigenvalue weighted by Gasteiger charge is 2.30. The third-order valence-electron chi connectivity index (χ3n) is 3.37. The number of rotatable bonds is 4. The summed E-state index contributed by atoms with van der Waals surface area (Å²) < 4.78 is 27.9. The lowest BCUT2D eigenvalue weighted by atomic mass is 10.1. The van der Waals surface area contributed by atoms with Gasteiger partial charge in [0.25, 0.3) is 0 Å². The number of hydrogen-bond acceptors (Lipinski definition) is 2. The first-order valence-corrected chi connectivity index (χ1v) is 9.16. The minimum absolute atomic E-state index is 0.0723. The van der Waals surface area contributed by atoms with E-state index in [0.29, 0.717) is 15.4 Å². The fraction of sp³-hybridized carbons (Fsp3) is 0.500. The first-order valence-electron chi connectivity index (χ1n) is 5.97. The van der Waals surface area contributed by atoms with Crippen molar-refractivity contribution in [3.05, 3.63) is 27.7 Å². The van der Waals surface area contributed by atoms with E-state index < -0.39 is 10.0 Å². The number of benzene rings is 1. The highest BCUT2D eigenvalue weighted by molar-refractivity contribution is 9.10. The molecule has 2 unspecified atom stereocenters. The van der Waals surface area contributed by atoms with Gasteiger partial charge in [-0.25, -0.2) is 13.1 Å². The van der Waals surface area contributed by atoms with Gasteiger partial charge in [-0.2, -0.15) is 0 Å². The molecule has 1 fully saturated rings. The Labute approximate surface area is 131 Å². The fourth-order valence-corrected chi connectivity index (χ4v) is 4.67. The van der Waals surface area contributed by atoms with Crippen molar-refractivity contribution in [2.24, 2.45) is 5.92 Å². The summed E-state index contributed by atoms with van der Waals surface area (Å²) in [5.74, 6) is 0.699. The number of hydrogen-bond donors (Lipinski definition) is 1. The van der Waals surface area contributed by atoms with E-state index in [9.17, 15) is 8.42 Å². The summed E-state index contributed by atoms with van der Waals surface area (Å²) in [6.07, 6.45) is 2.82. The van der Waals surface area contributed by atoms with Crippen molar-refractivity contribution < 1.29 is 8.42 Å². The predicted molar refractivity (Wildman–Crippen MR) is 81.3 cm³/mol. The molecular formula is C12H14BrCl2NO2S. The zero-order valence-corrected chi connectivity index (χ0v) is 14.0. The van der Waals surface area contributed by atoms with E-state index in [1.807, 2.05) is 0 Å². The van der Waals surface area contributed by atoms with Gasteiger partial charge >= 0.3 is 0 Å². The average molecular weight is 387 g/mol.